The summed E-state index contributed by atoms with van der Waals surface area (Å²) in [4.78, 5) is 0. The number of rotatable bonds is 4. The SMILES string of the molecule is CNC(C)c1ccc(Br)cc1Oc1cc(C)ccc1F. The molecule has 2 aromatic rings. The fourth-order valence-electron chi connectivity index (χ4n) is 1.92. The van der Waals surface area contributed by atoms with Crippen molar-refractivity contribution in [2.75, 3.05) is 7.05 Å². The third-order valence-electron chi connectivity index (χ3n) is 3.18. The minimum absolute atomic E-state index is 0.117. The average molecular weight is 338 g/mol. The van der Waals surface area contributed by atoms with Gasteiger partial charge in [-0.2, -0.15) is 0 Å². The lowest BCUT2D eigenvalue weighted by Crippen LogP contribution is -2.13. The van der Waals surface area contributed by atoms with Crippen LogP contribution in [-0.2, 0) is 0 Å². The zero-order valence-electron chi connectivity index (χ0n) is 11.7. The van der Waals surface area contributed by atoms with E-state index in [1.54, 1.807) is 12.1 Å². The maximum Gasteiger partial charge on any atom is 0.165 e. The lowest BCUT2D eigenvalue weighted by Gasteiger charge is -2.17. The Kier molecular flexibility index (Phi) is 4.78. The first-order valence-electron chi connectivity index (χ1n) is 6.42. The topological polar surface area (TPSA) is 21.3 Å². The Morgan fingerprint density at radius 2 is 1.90 bits per heavy atom. The summed E-state index contributed by atoms with van der Waals surface area (Å²) in [6.45, 7) is 3.94. The third kappa shape index (κ3) is 3.38. The summed E-state index contributed by atoms with van der Waals surface area (Å²) in [6.07, 6.45) is 0. The number of nitrogens with one attached hydrogen (secondary N) is 1. The lowest BCUT2D eigenvalue weighted by atomic mass is 10.1. The van der Waals surface area contributed by atoms with E-state index in [2.05, 4.69) is 21.2 Å². The molecule has 0 aromatic heterocycles. The number of benzene rings is 2. The molecule has 4 heteroatoms. The molecule has 0 aliphatic carbocycles. The molecule has 1 atom stereocenters. The first-order valence-corrected chi connectivity index (χ1v) is 7.21. The zero-order valence-corrected chi connectivity index (χ0v) is 13.3. The van der Waals surface area contributed by atoms with Crippen LogP contribution < -0.4 is 10.1 Å². The molecular weight excluding hydrogens is 321 g/mol. The van der Waals surface area contributed by atoms with Gasteiger partial charge in [0.15, 0.2) is 11.6 Å². The molecule has 0 spiro atoms. The highest BCUT2D eigenvalue weighted by Gasteiger charge is 2.13. The molecule has 0 aliphatic rings. The maximum atomic E-state index is 13.8. The Labute approximate surface area is 127 Å². The van der Waals surface area contributed by atoms with Crippen molar-refractivity contribution >= 4 is 15.9 Å². The predicted octanol–water partition coefficient (Wildman–Crippen LogP) is 4.97. The van der Waals surface area contributed by atoms with Crippen LogP contribution in [0.3, 0.4) is 0 Å². The quantitative estimate of drug-likeness (QED) is 0.850. The summed E-state index contributed by atoms with van der Waals surface area (Å²) in [5.41, 5.74) is 1.94. The molecule has 0 saturated heterocycles. The van der Waals surface area contributed by atoms with E-state index in [9.17, 15) is 4.39 Å². The van der Waals surface area contributed by atoms with Gasteiger partial charge in [0.25, 0.3) is 0 Å². The number of aryl methyl sites for hydroxylation is 1. The van der Waals surface area contributed by atoms with E-state index in [4.69, 9.17) is 4.74 Å². The normalized spacial score (nSPS) is 12.2. The Morgan fingerprint density at radius 1 is 1.15 bits per heavy atom. The van der Waals surface area contributed by atoms with Crippen molar-refractivity contribution in [1.29, 1.82) is 0 Å². The molecule has 1 N–H and O–H groups in total. The highest BCUT2D eigenvalue weighted by Crippen LogP contribution is 2.33. The molecule has 0 radical (unpaired) electrons. The van der Waals surface area contributed by atoms with E-state index in [-0.39, 0.29) is 17.6 Å². The van der Waals surface area contributed by atoms with Crippen LogP contribution in [0.4, 0.5) is 4.39 Å². The van der Waals surface area contributed by atoms with Gasteiger partial charge in [-0.1, -0.05) is 28.1 Å². The molecule has 0 heterocycles. The highest BCUT2D eigenvalue weighted by molar-refractivity contribution is 9.10. The molecule has 20 heavy (non-hydrogen) atoms. The van der Waals surface area contributed by atoms with E-state index in [0.717, 1.165) is 15.6 Å². The Hall–Kier alpha value is -1.39. The second kappa shape index (κ2) is 6.37. The Balaban J connectivity index is 2.41. The van der Waals surface area contributed by atoms with Gasteiger partial charge < -0.3 is 10.1 Å². The molecule has 2 rings (SSSR count). The minimum atomic E-state index is -0.362. The van der Waals surface area contributed by atoms with Crippen molar-refractivity contribution in [1.82, 2.24) is 5.32 Å². The van der Waals surface area contributed by atoms with Crippen molar-refractivity contribution in [3.8, 4) is 11.5 Å². The van der Waals surface area contributed by atoms with Gasteiger partial charge in [0.05, 0.1) is 0 Å². The van der Waals surface area contributed by atoms with Gasteiger partial charge in [0, 0.05) is 16.1 Å². The standard InChI is InChI=1S/C16H17BrFNO/c1-10-4-7-14(18)16(8-10)20-15-9-12(17)5-6-13(15)11(2)19-3/h4-9,11,19H,1-3H3. The van der Waals surface area contributed by atoms with Crippen LogP contribution in [0.2, 0.25) is 0 Å². The van der Waals surface area contributed by atoms with Gasteiger partial charge in [-0.15, -0.1) is 0 Å². The summed E-state index contributed by atoms with van der Waals surface area (Å²) < 4.78 is 20.5. The Morgan fingerprint density at radius 3 is 2.60 bits per heavy atom. The van der Waals surface area contributed by atoms with Crippen LogP contribution in [0, 0.1) is 12.7 Å². The van der Waals surface area contributed by atoms with Crippen molar-refractivity contribution in [3.63, 3.8) is 0 Å². The molecule has 0 amide bonds. The second-order valence-electron chi connectivity index (χ2n) is 4.73. The summed E-state index contributed by atoms with van der Waals surface area (Å²) in [6, 6.07) is 10.7. The highest BCUT2D eigenvalue weighted by atomic mass is 79.9. The molecule has 1 unspecified atom stereocenters. The molecule has 0 bridgehead atoms. The summed E-state index contributed by atoms with van der Waals surface area (Å²) >= 11 is 3.42. The summed E-state index contributed by atoms with van der Waals surface area (Å²) in [5, 5.41) is 3.16. The molecule has 2 aromatic carbocycles. The van der Waals surface area contributed by atoms with Gasteiger partial charge in [-0.05, 0) is 50.7 Å². The first kappa shape index (κ1) is 15.0. The van der Waals surface area contributed by atoms with Crippen molar-refractivity contribution in [2.24, 2.45) is 0 Å². The summed E-state index contributed by atoms with van der Waals surface area (Å²) in [7, 11) is 1.88. The lowest BCUT2D eigenvalue weighted by molar-refractivity contribution is 0.431. The number of hydrogen-bond donors (Lipinski definition) is 1. The zero-order chi connectivity index (χ0) is 14.7. The van der Waals surface area contributed by atoms with Gasteiger partial charge in [-0.3, -0.25) is 0 Å². The summed E-state index contributed by atoms with van der Waals surface area (Å²) in [5.74, 6) is 0.525. The van der Waals surface area contributed by atoms with Crippen molar-refractivity contribution in [3.05, 3.63) is 57.8 Å². The second-order valence-corrected chi connectivity index (χ2v) is 5.64. The molecule has 0 fully saturated rings. The molecule has 106 valence electrons. The fourth-order valence-corrected chi connectivity index (χ4v) is 2.26. The average Bonchev–Trinajstić information content (AvgIpc) is 2.42. The van der Waals surface area contributed by atoms with Gasteiger partial charge in [0.1, 0.15) is 5.75 Å². The van der Waals surface area contributed by atoms with Crippen LogP contribution in [0.5, 0.6) is 11.5 Å². The van der Waals surface area contributed by atoms with E-state index >= 15 is 0 Å². The Bertz CT molecular complexity index is 615. The van der Waals surface area contributed by atoms with E-state index < -0.39 is 0 Å². The van der Waals surface area contributed by atoms with Crippen LogP contribution >= 0.6 is 15.9 Å². The fraction of sp³-hybridized carbons (Fsp3) is 0.250. The van der Waals surface area contributed by atoms with Crippen LogP contribution in [0.1, 0.15) is 24.1 Å². The molecule has 2 nitrogen and oxygen atoms in total. The van der Waals surface area contributed by atoms with Gasteiger partial charge in [-0.25, -0.2) is 4.39 Å². The maximum absolute atomic E-state index is 13.8. The van der Waals surface area contributed by atoms with Crippen LogP contribution in [-0.4, -0.2) is 7.05 Å². The number of hydrogen-bond acceptors (Lipinski definition) is 2. The van der Waals surface area contributed by atoms with E-state index in [0.29, 0.717) is 5.75 Å². The number of ether oxygens (including phenoxy) is 1. The third-order valence-corrected chi connectivity index (χ3v) is 3.68. The minimum Gasteiger partial charge on any atom is -0.454 e. The van der Waals surface area contributed by atoms with E-state index in [1.165, 1.54) is 6.07 Å². The molecule has 0 aliphatic heterocycles. The monoisotopic (exact) mass is 337 g/mol. The van der Waals surface area contributed by atoms with Crippen LogP contribution in [0.25, 0.3) is 0 Å². The molecular formula is C16H17BrFNO. The van der Waals surface area contributed by atoms with Gasteiger partial charge >= 0.3 is 0 Å². The van der Waals surface area contributed by atoms with Crippen molar-refractivity contribution in [2.45, 2.75) is 19.9 Å². The van der Waals surface area contributed by atoms with E-state index in [1.807, 2.05) is 39.1 Å². The van der Waals surface area contributed by atoms with Crippen molar-refractivity contribution < 1.29 is 9.13 Å². The largest absolute Gasteiger partial charge is 0.454 e. The smallest absolute Gasteiger partial charge is 0.165 e. The van der Waals surface area contributed by atoms with Crippen LogP contribution in [0.15, 0.2) is 40.9 Å². The number of halogens is 2. The predicted molar refractivity (Wildman–Crippen MR) is 82.8 cm³/mol. The van der Waals surface area contributed by atoms with Gasteiger partial charge in [0.2, 0.25) is 0 Å². The molecule has 0 saturated carbocycles. The first-order chi connectivity index (χ1) is 9.51.